The maximum Gasteiger partial charge on any atom is 0.538 e. The van der Waals surface area contributed by atoms with Gasteiger partial charge in [0.25, 0.3) is 0 Å². The van der Waals surface area contributed by atoms with E-state index in [1.165, 1.54) is 10.1 Å². The lowest BCUT2D eigenvalue weighted by Gasteiger charge is -2.05. The van der Waals surface area contributed by atoms with Crippen LogP contribution in [0.5, 0.6) is 5.75 Å². The molecule has 0 fully saturated rings. The van der Waals surface area contributed by atoms with Gasteiger partial charge in [-0.1, -0.05) is 25.5 Å². The summed E-state index contributed by atoms with van der Waals surface area (Å²) in [4.78, 5) is 0. The van der Waals surface area contributed by atoms with Gasteiger partial charge in [-0.05, 0) is 18.6 Å². The Morgan fingerprint density at radius 3 is 3.00 bits per heavy atom. The van der Waals surface area contributed by atoms with Gasteiger partial charge < -0.3 is 13.8 Å². The molecule has 0 atom stereocenters. The summed E-state index contributed by atoms with van der Waals surface area (Å²) >= 11 is -0.566. The minimum absolute atomic E-state index is 0.566. The Kier molecular flexibility index (Phi) is 5.59. The van der Waals surface area contributed by atoms with Crippen LogP contribution in [0.4, 0.5) is 0 Å². The summed E-state index contributed by atoms with van der Waals surface area (Å²) in [5.41, 5.74) is 0. The standard InChI is InChI=1S/C10H13O.ClH.Mg/c1-2-3-9-11-10-7-5-4-6-8-10;;/h4-5,7-8H,2-3,9H2,1H3;1H;/q;;+1/p-1. The van der Waals surface area contributed by atoms with E-state index >= 15 is 0 Å². The third-order valence-corrected chi connectivity index (χ3v) is 3.49. The summed E-state index contributed by atoms with van der Waals surface area (Å²) in [7, 11) is 5.84. The fraction of sp³-hybridized carbons (Fsp3) is 0.400. The van der Waals surface area contributed by atoms with Gasteiger partial charge in [0.2, 0.25) is 0 Å². The third kappa shape index (κ3) is 4.20. The van der Waals surface area contributed by atoms with E-state index in [2.05, 4.69) is 19.1 Å². The number of benzene rings is 1. The Bertz CT molecular complexity index is 252. The molecule has 3 heteroatoms. The van der Waals surface area contributed by atoms with Crippen LogP contribution in [-0.4, -0.2) is 25.9 Å². The molecule has 0 bridgehead atoms. The fourth-order valence-corrected chi connectivity index (χ4v) is 2.05. The summed E-state index contributed by atoms with van der Waals surface area (Å²) < 4.78 is 6.80. The first-order valence-electron chi connectivity index (χ1n) is 4.64. The average molecular weight is 209 g/mol. The van der Waals surface area contributed by atoms with Gasteiger partial charge in [-0.3, -0.25) is 0 Å². The minimum Gasteiger partial charge on any atom is -0.494 e. The normalized spacial score (nSPS) is 9.38. The van der Waals surface area contributed by atoms with Gasteiger partial charge in [-0.25, -0.2) is 0 Å². The number of unbranched alkanes of at least 4 members (excludes halogenated alkanes) is 1. The van der Waals surface area contributed by atoms with Crippen molar-refractivity contribution in [2.24, 2.45) is 0 Å². The molecule has 1 rings (SSSR count). The quantitative estimate of drug-likeness (QED) is 0.534. The third-order valence-electron chi connectivity index (χ3n) is 1.82. The lowest BCUT2D eigenvalue weighted by atomic mass is 10.3. The molecule has 1 nitrogen and oxygen atoms in total. The van der Waals surface area contributed by atoms with Crippen molar-refractivity contribution in [1.82, 2.24) is 0 Å². The Morgan fingerprint density at radius 1 is 1.46 bits per heavy atom. The van der Waals surface area contributed by atoms with Gasteiger partial charge in [0, 0.05) is 0 Å². The van der Waals surface area contributed by atoms with Gasteiger partial charge in [-0.2, -0.15) is 0 Å². The second kappa shape index (κ2) is 6.52. The van der Waals surface area contributed by atoms with E-state index in [1.807, 2.05) is 12.1 Å². The largest absolute Gasteiger partial charge is 0.538 e. The van der Waals surface area contributed by atoms with Crippen molar-refractivity contribution < 1.29 is 4.74 Å². The van der Waals surface area contributed by atoms with Crippen molar-refractivity contribution in [3.63, 3.8) is 0 Å². The molecule has 0 aliphatic heterocycles. The molecule has 0 aromatic heterocycles. The van der Waals surface area contributed by atoms with E-state index in [1.54, 1.807) is 0 Å². The second-order valence-corrected chi connectivity index (χ2v) is 4.87. The molecule has 0 amide bonds. The summed E-state index contributed by atoms with van der Waals surface area (Å²) in [5.74, 6) is 0.958. The zero-order valence-corrected chi connectivity index (χ0v) is 10.1. The topological polar surface area (TPSA) is 9.23 Å². The van der Waals surface area contributed by atoms with Crippen molar-refractivity contribution in [3.05, 3.63) is 24.3 Å². The molecule has 13 heavy (non-hydrogen) atoms. The molecule has 0 aliphatic carbocycles. The molecule has 0 aliphatic rings. The average Bonchev–Trinajstić information content (AvgIpc) is 2.19. The summed E-state index contributed by atoms with van der Waals surface area (Å²) in [6, 6.07) is 8.10. The Hall–Kier alpha value is 0.0762. The second-order valence-electron chi connectivity index (χ2n) is 2.98. The van der Waals surface area contributed by atoms with Crippen molar-refractivity contribution in [3.8, 4) is 5.75 Å². The van der Waals surface area contributed by atoms with Gasteiger partial charge in [-0.15, -0.1) is 3.69 Å². The van der Waals surface area contributed by atoms with Crippen molar-refractivity contribution >= 4 is 32.0 Å². The molecule has 68 valence electrons. The van der Waals surface area contributed by atoms with E-state index < -0.39 is 19.3 Å². The number of rotatable bonds is 5. The first kappa shape index (κ1) is 11.2. The van der Waals surface area contributed by atoms with Crippen molar-refractivity contribution in [2.45, 2.75) is 19.8 Å². The van der Waals surface area contributed by atoms with Gasteiger partial charge in [0.05, 0.1) is 6.61 Å². The highest BCUT2D eigenvalue weighted by molar-refractivity contribution is 7.01. The molecule has 0 saturated heterocycles. The van der Waals surface area contributed by atoms with Crippen LogP contribution in [0, 0.1) is 0 Å². The number of hydrogen-bond donors (Lipinski definition) is 0. The molecule has 1 aromatic rings. The first-order chi connectivity index (χ1) is 6.36. The first-order valence-corrected chi connectivity index (χ1v) is 7.49. The minimum atomic E-state index is -0.566. The Morgan fingerprint density at radius 2 is 2.31 bits per heavy atom. The molecule has 1 aromatic carbocycles. The number of hydrogen-bond acceptors (Lipinski definition) is 1. The Balaban J connectivity index is 2.46. The van der Waals surface area contributed by atoms with E-state index in [0.717, 1.165) is 18.8 Å². The molecule has 0 radical (unpaired) electrons. The number of ether oxygens (including phenoxy) is 1. The predicted molar refractivity (Wildman–Crippen MR) is 58.1 cm³/mol. The highest BCUT2D eigenvalue weighted by Crippen LogP contribution is 2.07. The summed E-state index contributed by atoms with van der Waals surface area (Å²) in [6.45, 7) is 2.97. The van der Waals surface area contributed by atoms with Crippen LogP contribution < -0.4 is 8.43 Å². The lowest BCUT2D eigenvalue weighted by Crippen LogP contribution is -2.08. The van der Waals surface area contributed by atoms with Crippen LogP contribution in [0.15, 0.2) is 24.3 Å². The molecule has 0 saturated carbocycles. The monoisotopic (exact) mass is 208 g/mol. The number of halogens is 1. The highest BCUT2D eigenvalue weighted by Gasteiger charge is 1.97. The smallest absolute Gasteiger partial charge is 0.494 e. The molecule has 0 N–H and O–H groups in total. The summed E-state index contributed by atoms with van der Waals surface area (Å²) in [6.07, 6.45) is 2.28. The molecule has 0 heterocycles. The zero-order valence-electron chi connectivity index (χ0n) is 7.92. The van der Waals surface area contributed by atoms with Gasteiger partial charge in [0.15, 0.2) is 0 Å². The fourth-order valence-electron chi connectivity index (χ4n) is 1.05. The zero-order chi connectivity index (χ0) is 9.52. The van der Waals surface area contributed by atoms with Crippen molar-refractivity contribution in [1.29, 1.82) is 0 Å². The van der Waals surface area contributed by atoms with Crippen molar-refractivity contribution in [2.75, 3.05) is 6.61 Å². The van der Waals surface area contributed by atoms with E-state index in [-0.39, 0.29) is 0 Å². The molecular formula is C10H13ClMgO. The van der Waals surface area contributed by atoms with Gasteiger partial charge >= 0.3 is 19.3 Å². The molecule has 0 unspecified atom stereocenters. The Labute approximate surface area is 92.9 Å². The van der Waals surface area contributed by atoms with E-state index in [4.69, 9.17) is 13.8 Å². The van der Waals surface area contributed by atoms with Crippen LogP contribution in [-0.2, 0) is 0 Å². The maximum atomic E-state index is 5.84. The predicted octanol–water partition coefficient (Wildman–Crippen LogP) is 2.35. The highest BCUT2D eigenvalue weighted by atomic mass is 35.5. The van der Waals surface area contributed by atoms with Crippen LogP contribution in [0.2, 0.25) is 0 Å². The van der Waals surface area contributed by atoms with Crippen LogP contribution >= 0.6 is 9.07 Å². The lowest BCUT2D eigenvalue weighted by molar-refractivity contribution is 0.309. The SMILES string of the molecule is CCCCOc1ccc[c]([Mg][Cl])c1. The van der Waals surface area contributed by atoms with E-state index in [0.29, 0.717) is 0 Å². The molecular weight excluding hydrogens is 196 g/mol. The van der Waals surface area contributed by atoms with Crippen LogP contribution in [0.25, 0.3) is 0 Å². The van der Waals surface area contributed by atoms with Gasteiger partial charge in [0.1, 0.15) is 5.75 Å². The van der Waals surface area contributed by atoms with Crippen LogP contribution in [0.1, 0.15) is 19.8 Å². The van der Waals surface area contributed by atoms with Crippen LogP contribution in [0.3, 0.4) is 0 Å². The maximum absolute atomic E-state index is 5.84. The molecule has 0 spiro atoms. The summed E-state index contributed by atoms with van der Waals surface area (Å²) in [5, 5.41) is 0. The van der Waals surface area contributed by atoms with E-state index in [9.17, 15) is 0 Å².